The molecule has 0 saturated heterocycles. The Labute approximate surface area is 121 Å². The summed E-state index contributed by atoms with van der Waals surface area (Å²) in [5.41, 5.74) is 1.57. The zero-order chi connectivity index (χ0) is 15.3. The third kappa shape index (κ3) is 5.48. The molecule has 0 aliphatic rings. The lowest BCUT2D eigenvalue weighted by atomic mass is 10.2. The van der Waals surface area contributed by atoms with Gasteiger partial charge >= 0.3 is 0 Å². The molecule has 0 fully saturated rings. The van der Waals surface area contributed by atoms with Crippen LogP contribution in [0.3, 0.4) is 0 Å². The van der Waals surface area contributed by atoms with Crippen LogP contribution >= 0.6 is 0 Å². The topological polar surface area (TPSA) is 65.0 Å². The third-order valence-corrected chi connectivity index (χ3v) is 3.07. The van der Waals surface area contributed by atoms with Crippen LogP contribution in [0.15, 0.2) is 29.3 Å². The zero-order valence-electron chi connectivity index (χ0n) is 12.6. The SMILES string of the molecule is CN(C)C(=NCc1ccc(NS(C)(=O)=O)cc1)N(C)C. The number of benzene rings is 1. The molecule has 0 atom stereocenters. The minimum atomic E-state index is -3.23. The van der Waals surface area contributed by atoms with Crippen LogP contribution in [0.5, 0.6) is 0 Å². The summed E-state index contributed by atoms with van der Waals surface area (Å²) in [6, 6.07) is 7.19. The summed E-state index contributed by atoms with van der Waals surface area (Å²) < 4.78 is 24.6. The first-order chi connectivity index (χ1) is 9.19. The van der Waals surface area contributed by atoms with Gasteiger partial charge in [-0.1, -0.05) is 12.1 Å². The Bertz CT molecular complexity index is 553. The summed E-state index contributed by atoms with van der Waals surface area (Å²) in [6.07, 6.45) is 1.13. The van der Waals surface area contributed by atoms with Gasteiger partial charge in [0, 0.05) is 33.9 Å². The number of hydrogen-bond donors (Lipinski definition) is 1. The summed E-state index contributed by atoms with van der Waals surface area (Å²) in [6.45, 7) is 0.546. The summed E-state index contributed by atoms with van der Waals surface area (Å²) in [7, 11) is 4.54. The van der Waals surface area contributed by atoms with E-state index < -0.39 is 10.0 Å². The largest absolute Gasteiger partial charge is 0.349 e. The number of anilines is 1. The lowest BCUT2D eigenvalue weighted by molar-refractivity contribution is 0.479. The first kappa shape index (κ1) is 16.3. The molecule has 0 unspecified atom stereocenters. The van der Waals surface area contributed by atoms with E-state index in [-0.39, 0.29) is 0 Å². The van der Waals surface area contributed by atoms with E-state index in [9.17, 15) is 8.42 Å². The molecule has 7 heteroatoms. The van der Waals surface area contributed by atoms with Gasteiger partial charge in [0.25, 0.3) is 0 Å². The molecule has 0 aromatic heterocycles. The molecular formula is C13H22N4O2S. The standard InChI is InChI=1S/C13H22N4O2S/c1-16(2)13(17(3)4)14-10-11-6-8-12(9-7-11)15-20(5,18)19/h6-9,15H,10H2,1-5H3. The highest BCUT2D eigenvalue weighted by Crippen LogP contribution is 2.11. The molecule has 1 N–H and O–H groups in total. The normalized spacial score (nSPS) is 10.8. The molecule has 0 heterocycles. The van der Waals surface area contributed by atoms with Crippen molar-refractivity contribution in [1.82, 2.24) is 9.80 Å². The van der Waals surface area contributed by atoms with Crippen LogP contribution in [0.1, 0.15) is 5.56 Å². The van der Waals surface area contributed by atoms with E-state index in [2.05, 4.69) is 9.71 Å². The van der Waals surface area contributed by atoms with Gasteiger partial charge in [0.1, 0.15) is 0 Å². The summed E-state index contributed by atoms with van der Waals surface area (Å²) >= 11 is 0. The van der Waals surface area contributed by atoms with Crippen LogP contribution in [0.25, 0.3) is 0 Å². The third-order valence-electron chi connectivity index (χ3n) is 2.46. The van der Waals surface area contributed by atoms with Crippen molar-refractivity contribution < 1.29 is 8.42 Å². The number of nitrogens with zero attached hydrogens (tertiary/aromatic N) is 3. The molecule has 112 valence electrons. The van der Waals surface area contributed by atoms with Crippen LogP contribution in [0, 0.1) is 0 Å². The van der Waals surface area contributed by atoms with Crippen molar-refractivity contribution in [3.63, 3.8) is 0 Å². The van der Waals surface area contributed by atoms with Gasteiger partial charge in [-0.2, -0.15) is 0 Å². The van der Waals surface area contributed by atoms with E-state index in [1.165, 1.54) is 0 Å². The van der Waals surface area contributed by atoms with Crippen molar-refractivity contribution >= 4 is 21.7 Å². The van der Waals surface area contributed by atoms with E-state index in [0.29, 0.717) is 12.2 Å². The molecule has 0 aliphatic heterocycles. The summed E-state index contributed by atoms with van der Waals surface area (Å²) in [5.74, 6) is 0.878. The molecule has 1 rings (SSSR count). The second-order valence-corrected chi connectivity index (χ2v) is 6.72. The Balaban J connectivity index is 2.77. The fraction of sp³-hybridized carbons (Fsp3) is 0.462. The van der Waals surface area contributed by atoms with Crippen LogP contribution in [0.2, 0.25) is 0 Å². The van der Waals surface area contributed by atoms with Gasteiger partial charge in [-0.05, 0) is 17.7 Å². The van der Waals surface area contributed by atoms with E-state index in [1.54, 1.807) is 12.1 Å². The van der Waals surface area contributed by atoms with Crippen molar-refractivity contribution in [3.05, 3.63) is 29.8 Å². The maximum Gasteiger partial charge on any atom is 0.229 e. The molecule has 0 bridgehead atoms. The molecule has 1 aromatic rings. The van der Waals surface area contributed by atoms with Gasteiger partial charge in [0.05, 0.1) is 12.8 Å². The highest BCUT2D eigenvalue weighted by Gasteiger charge is 2.04. The lowest BCUT2D eigenvalue weighted by Gasteiger charge is -2.22. The monoisotopic (exact) mass is 298 g/mol. The molecule has 0 spiro atoms. The molecule has 20 heavy (non-hydrogen) atoms. The van der Waals surface area contributed by atoms with Crippen molar-refractivity contribution in [1.29, 1.82) is 0 Å². The van der Waals surface area contributed by atoms with Gasteiger partial charge in [-0.25, -0.2) is 13.4 Å². The lowest BCUT2D eigenvalue weighted by Crippen LogP contribution is -2.35. The molecule has 0 saturated carbocycles. The summed E-state index contributed by atoms with van der Waals surface area (Å²) in [4.78, 5) is 8.42. The predicted molar refractivity (Wildman–Crippen MR) is 83.4 cm³/mol. The van der Waals surface area contributed by atoms with E-state index in [4.69, 9.17) is 0 Å². The molecule has 0 radical (unpaired) electrons. The van der Waals surface area contributed by atoms with Crippen LogP contribution in [-0.2, 0) is 16.6 Å². The zero-order valence-corrected chi connectivity index (χ0v) is 13.4. The van der Waals surface area contributed by atoms with Crippen LogP contribution < -0.4 is 4.72 Å². The minimum Gasteiger partial charge on any atom is -0.349 e. The van der Waals surface area contributed by atoms with Crippen molar-refractivity contribution in [2.24, 2.45) is 4.99 Å². The smallest absolute Gasteiger partial charge is 0.229 e. The quantitative estimate of drug-likeness (QED) is 0.666. The maximum atomic E-state index is 11.1. The predicted octanol–water partition coefficient (Wildman–Crippen LogP) is 1.04. The molecule has 6 nitrogen and oxygen atoms in total. The second kappa shape index (κ2) is 6.60. The van der Waals surface area contributed by atoms with Crippen LogP contribution in [0.4, 0.5) is 5.69 Å². The summed E-state index contributed by atoms with van der Waals surface area (Å²) in [5, 5.41) is 0. The highest BCUT2D eigenvalue weighted by atomic mass is 32.2. The maximum absolute atomic E-state index is 11.1. The minimum absolute atomic E-state index is 0.546. The van der Waals surface area contributed by atoms with Crippen LogP contribution in [-0.4, -0.2) is 58.6 Å². The Hall–Kier alpha value is -1.76. The van der Waals surface area contributed by atoms with E-state index in [1.807, 2.05) is 50.1 Å². The van der Waals surface area contributed by atoms with Crippen molar-refractivity contribution in [2.75, 3.05) is 39.2 Å². The Morgan fingerprint density at radius 1 is 1.10 bits per heavy atom. The first-order valence-corrected chi connectivity index (χ1v) is 8.04. The average molecular weight is 298 g/mol. The van der Waals surface area contributed by atoms with Gasteiger partial charge in [-0.3, -0.25) is 4.72 Å². The second-order valence-electron chi connectivity index (χ2n) is 4.98. The highest BCUT2D eigenvalue weighted by molar-refractivity contribution is 7.92. The first-order valence-electron chi connectivity index (χ1n) is 6.15. The van der Waals surface area contributed by atoms with Gasteiger partial charge in [-0.15, -0.1) is 0 Å². The Kier molecular flexibility index (Phi) is 5.38. The van der Waals surface area contributed by atoms with Crippen molar-refractivity contribution in [3.8, 4) is 0 Å². The molecule has 0 amide bonds. The number of rotatable bonds is 4. The van der Waals surface area contributed by atoms with Crippen molar-refractivity contribution in [2.45, 2.75) is 6.54 Å². The van der Waals surface area contributed by atoms with Gasteiger partial charge in [0.2, 0.25) is 10.0 Å². The molecule has 1 aromatic carbocycles. The molecule has 0 aliphatic carbocycles. The molecular weight excluding hydrogens is 276 g/mol. The fourth-order valence-corrected chi connectivity index (χ4v) is 2.30. The number of hydrogen-bond acceptors (Lipinski definition) is 3. The van der Waals surface area contributed by atoms with Gasteiger partial charge in [0.15, 0.2) is 5.96 Å². The number of nitrogens with one attached hydrogen (secondary N) is 1. The average Bonchev–Trinajstić information content (AvgIpc) is 2.28. The van der Waals surface area contributed by atoms with Gasteiger partial charge < -0.3 is 9.80 Å². The fourth-order valence-electron chi connectivity index (χ4n) is 1.74. The number of guanidine groups is 1. The number of aliphatic imine (C=N–C) groups is 1. The Morgan fingerprint density at radius 2 is 1.60 bits per heavy atom. The van der Waals surface area contributed by atoms with E-state index in [0.717, 1.165) is 17.8 Å². The number of sulfonamides is 1. The van der Waals surface area contributed by atoms with E-state index >= 15 is 0 Å². The Morgan fingerprint density at radius 3 is 2.00 bits per heavy atom.